The molecule has 264 valence electrons. The minimum Gasteiger partial charge on any atom is -0.481 e. The van der Waals surface area contributed by atoms with Crippen molar-refractivity contribution in [2.24, 2.45) is 11.1 Å². The number of hydrogen-bond acceptors (Lipinski definition) is 8. The molecular formula is C38H35F2N3O8. The van der Waals surface area contributed by atoms with Crippen LogP contribution >= 0.6 is 0 Å². The molecule has 0 saturated carbocycles. The Labute approximate surface area is 291 Å². The molecule has 0 aromatic heterocycles. The third-order valence-corrected chi connectivity index (χ3v) is 8.48. The molecule has 4 aromatic rings. The number of fused-ring (bicyclic) bond motifs is 1. The minimum absolute atomic E-state index is 0.0513. The highest BCUT2D eigenvalue weighted by molar-refractivity contribution is 6.09. The third kappa shape index (κ3) is 8.43. The number of ketones is 1. The molecule has 3 atom stereocenters. The molecule has 0 fully saturated rings. The van der Waals surface area contributed by atoms with Crippen LogP contribution in [0.4, 0.5) is 8.78 Å². The van der Waals surface area contributed by atoms with Crippen molar-refractivity contribution in [3.8, 4) is 0 Å². The molecule has 4 aromatic carbocycles. The number of halogens is 2. The summed E-state index contributed by atoms with van der Waals surface area (Å²) >= 11 is 0. The Bertz CT molecular complexity index is 1980. The monoisotopic (exact) mass is 699 g/mol. The topological polar surface area (TPSA) is 160 Å². The second-order valence-corrected chi connectivity index (χ2v) is 12.5. The van der Waals surface area contributed by atoms with Crippen molar-refractivity contribution in [3.63, 3.8) is 0 Å². The Morgan fingerprint density at radius 1 is 0.882 bits per heavy atom. The molecule has 2 amide bonds. The zero-order valence-corrected chi connectivity index (χ0v) is 27.7. The van der Waals surface area contributed by atoms with Gasteiger partial charge in [0.1, 0.15) is 23.2 Å². The van der Waals surface area contributed by atoms with E-state index in [4.69, 9.17) is 9.57 Å². The Kier molecular flexibility index (Phi) is 11.2. The molecule has 0 aliphatic carbocycles. The summed E-state index contributed by atoms with van der Waals surface area (Å²) in [6.45, 7) is 2.64. The predicted molar refractivity (Wildman–Crippen MR) is 182 cm³/mol. The van der Waals surface area contributed by atoms with Crippen molar-refractivity contribution >= 4 is 46.0 Å². The number of esters is 1. The number of ether oxygens (including phenoxy) is 1. The van der Waals surface area contributed by atoms with Crippen molar-refractivity contribution in [1.82, 2.24) is 10.6 Å². The van der Waals surface area contributed by atoms with Crippen molar-refractivity contribution in [2.75, 3.05) is 6.61 Å². The van der Waals surface area contributed by atoms with Crippen molar-refractivity contribution in [1.29, 1.82) is 0 Å². The smallest absolute Gasteiger partial charge is 0.344 e. The summed E-state index contributed by atoms with van der Waals surface area (Å²) in [5, 5.41) is 20.9. The summed E-state index contributed by atoms with van der Waals surface area (Å²) in [4.78, 5) is 70.9. The van der Waals surface area contributed by atoms with Crippen molar-refractivity contribution in [3.05, 3.63) is 119 Å². The lowest BCUT2D eigenvalue weighted by Crippen LogP contribution is -2.55. The van der Waals surface area contributed by atoms with Crippen LogP contribution in [0.1, 0.15) is 53.0 Å². The minimum atomic E-state index is -1.78. The molecule has 3 N–H and O–H groups in total. The van der Waals surface area contributed by atoms with Gasteiger partial charge in [0, 0.05) is 18.4 Å². The van der Waals surface area contributed by atoms with Crippen molar-refractivity contribution in [2.45, 2.75) is 50.8 Å². The van der Waals surface area contributed by atoms with E-state index in [1.54, 1.807) is 42.5 Å². The molecule has 5 rings (SSSR count). The van der Waals surface area contributed by atoms with E-state index in [0.29, 0.717) is 16.8 Å². The van der Waals surface area contributed by atoms with Crippen LogP contribution in [0.25, 0.3) is 10.8 Å². The number of amides is 2. The van der Waals surface area contributed by atoms with E-state index in [1.165, 1.54) is 0 Å². The van der Waals surface area contributed by atoms with E-state index in [2.05, 4.69) is 15.8 Å². The van der Waals surface area contributed by atoms with Gasteiger partial charge in [-0.3, -0.25) is 19.2 Å². The molecule has 0 bridgehead atoms. The van der Waals surface area contributed by atoms with E-state index < -0.39 is 71.5 Å². The summed E-state index contributed by atoms with van der Waals surface area (Å²) in [5.74, 6) is -7.89. The number of carbonyl (C=O) groups is 5. The van der Waals surface area contributed by atoms with Crippen LogP contribution in [0.5, 0.6) is 0 Å². The van der Waals surface area contributed by atoms with Gasteiger partial charge in [-0.2, -0.15) is 0 Å². The summed E-state index contributed by atoms with van der Waals surface area (Å²) in [6, 6.07) is 21.9. The Balaban J connectivity index is 1.36. The molecule has 13 heteroatoms. The van der Waals surface area contributed by atoms with E-state index in [1.807, 2.05) is 44.2 Å². The number of Topliss-reactive ketones (excluding diaryl/α,β-unsaturated/α-hetero) is 1. The average Bonchev–Trinajstić information content (AvgIpc) is 3.53. The lowest BCUT2D eigenvalue weighted by Gasteiger charge is -2.29. The number of aliphatic carboxylic acids is 1. The first-order valence-corrected chi connectivity index (χ1v) is 16.1. The molecule has 0 saturated heterocycles. The van der Waals surface area contributed by atoms with E-state index >= 15 is 0 Å². The van der Waals surface area contributed by atoms with Gasteiger partial charge in [0.05, 0.1) is 18.2 Å². The van der Waals surface area contributed by atoms with Gasteiger partial charge in [0.25, 0.3) is 11.8 Å². The number of nitrogens with zero attached hydrogens (tertiary/aromatic N) is 1. The molecule has 51 heavy (non-hydrogen) atoms. The number of hydrogen-bond donors (Lipinski definition) is 3. The zero-order chi connectivity index (χ0) is 36.7. The van der Waals surface area contributed by atoms with Crippen LogP contribution in [0.2, 0.25) is 0 Å². The average molecular weight is 700 g/mol. The molecule has 1 heterocycles. The highest BCUT2D eigenvalue weighted by Gasteiger charge is 2.49. The van der Waals surface area contributed by atoms with Crippen LogP contribution < -0.4 is 10.6 Å². The lowest BCUT2D eigenvalue weighted by molar-refractivity contribution is -0.148. The van der Waals surface area contributed by atoms with Gasteiger partial charge in [0.15, 0.2) is 12.4 Å². The van der Waals surface area contributed by atoms with Gasteiger partial charge in [-0.15, -0.1) is 0 Å². The van der Waals surface area contributed by atoms with E-state index in [0.717, 1.165) is 29.0 Å². The summed E-state index contributed by atoms with van der Waals surface area (Å²) in [7, 11) is 0. The number of rotatable bonds is 14. The van der Waals surface area contributed by atoms with Crippen molar-refractivity contribution < 1.29 is 47.4 Å². The SMILES string of the molecule is CC(C)C(NC(=O)c1cccc2ccccc12)C1=NOC(Cc2ccccc2)(C(=O)N[C@@H](CC(=O)O)C(=O)COC(=O)c2c(F)cccc2F)C1. The lowest BCUT2D eigenvalue weighted by atomic mass is 9.84. The van der Waals surface area contributed by atoms with E-state index in [-0.39, 0.29) is 24.7 Å². The molecular weight excluding hydrogens is 664 g/mol. The first-order valence-electron chi connectivity index (χ1n) is 16.1. The summed E-state index contributed by atoms with van der Waals surface area (Å²) < 4.78 is 33.0. The number of nitrogens with one attached hydrogen (secondary N) is 2. The first-order chi connectivity index (χ1) is 24.4. The fourth-order valence-corrected chi connectivity index (χ4v) is 5.88. The molecule has 11 nitrogen and oxygen atoms in total. The molecule has 1 aliphatic heterocycles. The molecule has 0 radical (unpaired) electrons. The second-order valence-electron chi connectivity index (χ2n) is 12.5. The van der Waals surface area contributed by atoms with Crippen LogP contribution in [-0.4, -0.2) is 64.6 Å². The number of carboxylic acids is 1. The Morgan fingerprint density at radius 3 is 2.22 bits per heavy atom. The quantitative estimate of drug-likeness (QED) is 0.155. The first kappa shape index (κ1) is 36.3. The standard InChI is InChI=1S/C38H35F2N3O8/c1-22(2)34(42-35(47)26-15-8-13-24-12-6-7-14-25(24)26)30-20-38(51-43-30,19-23-10-4-3-5-11-23)37(49)41-29(18-32(45)46)31(44)21-50-36(48)33-27(39)16-9-17-28(33)40/h3-17,22,29,34H,18-21H2,1-2H3,(H,41,49)(H,42,47)(H,45,46)/t29-,34?,38?/m0/s1. The van der Waals surface area contributed by atoms with Gasteiger partial charge in [-0.25, -0.2) is 13.6 Å². The largest absolute Gasteiger partial charge is 0.481 e. The van der Waals surface area contributed by atoms with Crippen LogP contribution in [0.15, 0.2) is 96.2 Å². The van der Waals surface area contributed by atoms with Crippen LogP contribution in [0.3, 0.4) is 0 Å². The van der Waals surface area contributed by atoms with E-state index in [9.17, 15) is 37.9 Å². The highest BCUT2D eigenvalue weighted by Crippen LogP contribution is 2.32. The fourth-order valence-electron chi connectivity index (χ4n) is 5.88. The maximum atomic E-state index is 14.1. The normalized spacial score (nSPS) is 16.5. The van der Waals surface area contributed by atoms with Gasteiger partial charge >= 0.3 is 11.9 Å². The number of benzene rings is 4. The predicted octanol–water partition coefficient (Wildman–Crippen LogP) is 5.02. The Morgan fingerprint density at radius 2 is 1.53 bits per heavy atom. The van der Waals surface area contributed by atoms with Crippen LogP contribution in [-0.2, 0) is 30.4 Å². The zero-order valence-electron chi connectivity index (χ0n) is 27.7. The third-order valence-electron chi connectivity index (χ3n) is 8.48. The summed E-state index contributed by atoms with van der Waals surface area (Å²) in [5.41, 5.74) is -1.36. The van der Waals surface area contributed by atoms with Gasteiger partial charge in [0.2, 0.25) is 5.60 Å². The number of carboxylic acid groups (broad SMARTS) is 1. The number of carbonyl (C=O) groups excluding carboxylic acids is 4. The summed E-state index contributed by atoms with van der Waals surface area (Å²) in [6.07, 6.45) is -1.09. The van der Waals surface area contributed by atoms with Gasteiger partial charge in [-0.05, 0) is 40.5 Å². The number of oxime groups is 1. The second kappa shape index (κ2) is 15.7. The van der Waals surface area contributed by atoms with Crippen LogP contribution in [0, 0.1) is 17.6 Å². The maximum absolute atomic E-state index is 14.1. The molecule has 0 spiro atoms. The molecule has 2 unspecified atom stereocenters. The molecule has 1 aliphatic rings. The highest BCUT2D eigenvalue weighted by atomic mass is 19.1. The fraction of sp³-hybridized carbons (Fsp3) is 0.263. The Hall–Kier alpha value is -5.98. The van der Waals surface area contributed by atoms with Gasteiger partial charge in [-0.1, -0.05) is 91.8 Å². The van der Waals surface area contributed by atoms with Gasteiger partial charge < -0.3 is 25.3 Å². The maximum Gasteiger partial charge on any atom is 0.344 e.